The van der Waals surface area contributed by atoms with Crippen LogP contribution in [0, 0.1) is 0 Å². The Morgan fingerprint density at radius 3 is 2.53 bits per heavy atom. The van der Waals surface area contributed by atoms with Gasteiger partial charge >= 0.3 is 0 Å². The van der Waals surface area contributed by atoms with Gasteiger partial charge in [-0.25, -0.2) is 0 Å². The number of thioether (sulfide) groups is 1. The fourth-order valence-electron chi connectivity index (χ4n) is 2.21. The van der Waals surface area contributed by atoms with Crippen LogP contribution >= 0.6 is 11.8 Å². The lowest BCUT2D eigenvalue weighted by atomic mass is 9.80. The van der Waals surface area contributed by atoms with Crippen LogP contribution in [-0.2, 0) is 11.8 Å². The molecule has 2 N–H and O–H groups in total. The van der Waals surface area contributed by atoms with E-state index in [0.717, 1.165) is 13.0 Å². The third kappa shape index (κ3) is 2.06. The van der Waals surface area contributed by atoms with E-state index < -0.39 is 0 Å². The molecule has 0 aromatic heterocycles. The van der Waals surface area contributed by atoms with Crippen molar-refractivity contribution < 1.29 is 0 Å². The maximum absolute atomic E-state index is 5.96. The van der Waals surface area contributed by atoms with Crippen molar-refractivity contribution in [1.29, 1.82) is 0 Å². The van der Waals surface area contributed by atoms with Gasteiger partial charge in [0.1, 0.15) is 0 Å². The summed E-state index contributed by atoms with van der Waals surface area (Å²) in [5, 5.41) is 0. The van der Waals surface area contributed by atoms with Gasteiger partial charge in [-0.1, -0.05) is 31.2 Å². The van der Waals surface area contributed by atoms with E-state index in [1.165, 1.54) is 29.1 Å². The topological polar surface area (TPSA) is 26.0 Å². The summed E-state index contributed by atoms with van der Waals surface area (Å²) in [6.07, 6.45) is 2.35. The molecule has 1 saturated heterocycles. The van der Waals surface area contributed by atoms with Crippen LogP contribution in [0.25, 0.3) is 0 Å². The largest absolute Gasteiger partial charge is 0.330 e. The van der Waals surface area contributed by atoms with E-state index in [1.54, 1.807) is 0 Å². The first-order chi connectivity index (χ1) is 7.30. The molecule has 1 fully saturated rings. The summed E-state index contributed by atoms with van der Waals surface area (Å²) in [5.41, 5.74) is 9.07. The predicted octanol–water partition coefficient (Wildman–Crippen LogP) is 2.58. The molecule has 1 unspecified atom stereocenters. The first-order valence-corrected chi connectivity index (χ1v) is 6.83. The van der Waals surface area contributed by atoms with Crippen LogP contribution in [0.2, 0.25) is 0 Å². The van der Waals surface area contributed by atoms with Crippen molar-refractivity contribution in [2.45, 2.75) is 25.2 Å². The van der Waals surface area contributed by atoms with E-state index in [9.17, 15) is 0 Å². The molecule has 1 aromatic rings. The molecule has 1 aliphatic rings. The summed E-state index contributed by atoms with van der Waals surface area (Å²) >= 11 is 2.03. The second-order valence-corrected chi connectivity index (χ2v) is 5.44. The minimum Gasteiger partial charge on any atom is -0.330 e. The fraction of sp³-hybridized carbons (Fsp3) is 0.538. The Morgan fingerprint density at radius 1 is 1.33 bits per heavy atom. The van der Waals surface area contributed by atoms with Crippen LogP contribution in [-0.4, -0.2) is 18.1 Å². The first-order valence-electron chi connectivity index (χ1n) is 5.68. The van der Waals surface area contributed by atoms with Gasteiger partial charge in [0.2, 0.25) is 0 Å². The highest BCUT2D eigenvalue weighted by Crippen LogP contribution is 2.38. The molecule has 15 heavy (non-hydrogen) atoms. The quantitative estimate of drug-likeness (QED) is 0.849. The van der Waals surface area contributed by atoms with Gasteiger partial charge in [-0.3, -0.25) is 0 Å². The summed E-state index contributed by atoms with van der Waals surface area (Å²) in [6, 6.07) is 9.04. The Kier molecular flexibility index (Phi) is 3.37. The Bertz CT molecular complexity index is 312. The zero-order chi connectivity index (χ0) is 10.7. The predicted molar refractivity (Wildman–Crippen MR) is 68.5 cm³/mol. The Balaban J connectivity index is 2.26. The molecule has 1 aromatic carbocycles. The van der Waals surface area contributed by atoms with Crippen molar-refractivity contribution in [3.05, 3.63) is 35.4 Å². The van der Waals surface area contributed by atoms with Gasteiger partial charge < -0.3 is 5.73 Å². The van der Waals surface area contributed by atoms with E-state index >= 15 is 0 Å². The Hall–Kier alpha value is -0.470. The molecule has 82 valence electrons. The maximum Gasteiger partial charge on any atom is 0.0174 e. The second-order valence-electron chi connectivity index (χ2n) is 4.34. The summed E-state index contributed by atoms with van der Waals surface area (Å²) in [4.78, 5) is 0. The van der Waals surface area contributed by atoms with E-state index in [1.807, 2.05) is 11.8 Å². The van der Waals surface area contributed by atoms with Crippen LogP contribution in [0.1, 0.15) is 24.5 Å². The van der Waals surface area contributed by atoms with Gasteiger partial charge in [-0.2, -0.15) is 11.8 Å². The zero-order valence-electron chi connectivity index (χ0n) is 9.33. The Morgan fingerprint density at radius 2 is 2.07 bits per heavy atom. The highest BCUT2D eigenvalue weighted by atomic mass is 32.2. The molecule has 0 spiro atoms. The van der Waals surface area contributed by atoms with Crippen molar-refractivity contribution in [2.24, 2.45) is 5.73 Å². The molecule has 2 heteroatoms. The molecule has 0 radical (unpaired) electrons. The van der Waals surface area contributed by atoms with Crippen molar-refractivity contribution in [3.8, 4) is 0 Å². The summed E-state index contributed by atoms with van der Waals surface area (Å²) in [5.74, 6) is 2.45. The first kappa shape index (κ1) is 11.0. The SMILES string of the molecule is CCc1ccc(C2(CN)CCSC2)cc1. The number of hydrogen-bond acceptors (Lipinski definition) is 2. The van der Waals surface area contributed by atoms with Crippen LogP contribution in [0.4, 0.5) is 0 Å². The minimum atomic E-state index is 0.261. The number of hydrogen-bond donors (Lipinski definition) is 1. The molecule has 0 aliphatic carbocycles. The molecule has 1 heterocycles. The van der Waals surface area contributed by atoms with Gasteiger partial charge in [0, 0.05) is 17.7 Å². The van der Waals surface area contributed by atoms with Gasteiger partial charge in [0.05, 0.1) is 0 Å². The fourth-order valence-corrected chi connectivity index (χ4v) is 3.71. The van der Waals surface area contributed by atoms with E-state index in [-0.39, 0.29) is 5.41 Å². The average molecular weight is 221 g/mol. The second kappa shape index (κ2) is 4.58. The van der Waals surface area contributed by atoms with Gasteiger partial charge in [-0.05, 0) is 29.7 Å². The molecule has 1 aliphatic heterocycles. The lowest BCUT2D eigenvalue weighted by Gasteiger charge is -2.27. The zero-order valence-corrected chi connectivity index (χ0v) is 10.1. The molecular formula is C13H19NS. The van der Waals surface area contributed by atoms with Gasteiger partial charge in [-0.15, -0.1) is 0 Å². The molecule has 1 nitrogen and oxygen atoms in total. The Labute approximate surface area is 96.4 Å². The standard InChI is InChI=1S/C13H19NS/c1-2-11-3-5-12(6-4-11)13(9-14)7-8-15-10-13/h3-6H,2,7-10,14H2,1H3. The van der Waals surface area contributed by atoms with Crippen molar-refractivity contribution in [2.75, 3.05) is 18.1 Å². The highest BCUT2D eigenvalue weighted by molar-refractivity contribution is 7.99. The van der Waals surface area contributed by atoms with Crippen LogP contribution < -0.4 is 5.73 Å². The summed E-state index contributed by atoms with van der Waals surface area (Å²) in [7, 11) is 0. The monoisotopic (exact) mass is 221 g/mol. The summed E-state index contributed by atoms with van der Waals surface area (Å²) < 4.78 is 0. The maximum atomic E-state index is 5.96. The molecule has 0 bridgehead atoms. The van der Waals surface area contributed by atoms with Crippen molar-refractivity contribution in [3.63, 3.8) is 0 Å². The third-order valence-corrected chi connectivity index (χ3v) is 4.72. The smallest absolute Gasteiger partial charge is 0.0174 e. The summed E-state index contributed by atoms with van der Waals surface area (Å²) in [6.45, 7) is 2.98. The van der Waals surface area contributed by atoms with Gasteiger partial charge in [0.15, 0.2) is 0 Å². The van der Waals surface area contributed by atoms with E-state index in [4.69, 9.17) is 5.73 Å². The van der Waals surface area contributed by atoms with E-state index in [2.05, 4.69) is 31.2 Å². The van der Waals surface area contributed by atoms with Crippen LogP contribution in [0.15, 0.2) is 24.3 Å². The number of aryl methyl sites for hydroxylation is 1. The number of rotatable bonds is 3. The number of benzene rings is 1. The van der Waals surface area contributed by atoms with Gasteiger partial charge in [0.25, 0.3) is 0 Å². The van der Waals surface area contributed by atoms with Crippen molar-refractivity contribution >= 4 is 11.8 Å². The van der Waals surface area contributed by atoms with Crippen LogP contribution in [0.3, 0.4) is 0 Å². The minimum absolute atomic E-state index is 0.261. The normalized spacial score (nSPS) is 25.7. The lowest BCUT2D eigenvalue weighted by molar-refractivity contribution is 0.498. The molecular weight excluding hydrogens is 202 g/mol. The third-order valence-electron chi connectivity index (χ3n) is 3.47. The molecule has 2 rings (SSSR count). The van der Waals surface area contributed by atoms with E-state index in [0.29, 0.717) is 0 Å². The lowest BCUT2D eigenvalue weighted by Crippen LogP contribution is -2.34. The molecule has 0 saturated carbocycles. The highest BCUT2D eigenvalue weighted by Gasteiger charge is 2.34. The van der Waals surface area contributed by atoms with Crippen LogP contribution in [0.5, 0.6) is 0 Å². The molecule has 1 atom stereocenters. The number of nitrogens with two attached hydrogens (primary N) is 1. The van der Waals surface area contributed by atoms with Crippen molar-refractivity contribution in [1.82, 2.24) is 0 Å². The average Bonchev–Trinajstić information content (AvgIpc) is 2.79. The molecule has 0 amide bonds.